The van der Waals surface area contributed by atoms with E-state index in [1.807, 2.05) is 6.92 Å². The largest absolute Gasteiger partial charge is 0.387 e. The fraction of sp³-hybridized carbons (Fsp3) is 0.533. The van der Waals surface area contributed by atoms with Crippen molar-refractivity contribution in [2.45, 2.75) is 38.7 Å². The lowest BCUT2D eigenvalue weighted by Crippen LogP contribution is -2.33. The minimum atomic E-state index is -1.28. The quantitative estimate of drug-likeness (QED) is 0.885. The molecule has 0 heterocycles. The fourth-order valence-corrected chi connectivity index (χ4v) is 3.02. The maximum Gasteiger partial charge on any atom is 0.129 e. The van der Waals surface area contributed by atoms with E-state index in [1.54, 1.807) is 0 Å². The van der Waals surface area contributed by atoms with Gasteiger partial charge >= 0.3 is 0 Å². The zero-order valence-electron chi connectivity index (χ0n) is 10.9. The van der Waals surface area contributed by atoms with Crippen LogP contribution in [0.1, 0.15) is 44.3 Å². The second kappa shape index (κ2) is 5.26. The van der Waals surface area contributed by atoms with Crippen molar-refractivity contribution < 1.29 is 13.9 Å². The average molecular weight is 265 g/mol. The lowest BCUT2D eigenvalue weighted by Gasteiger charge is -2.38. The van der Waals surface area contributed by atoms with Crippen LogP contribution < -0.4 is 0 Å². The van der Waals surface area contributed by atoms with Crippen LogP contribution in [0, 0.1) is 34.3 Å². The molecule has 0 amide bonds. The summed E-state index contributed by atoms with van der Waals surface area (Å²) in [5, 5.41) is 19.8. The lowest BCUT2D eigenvalue weighted by atomic mass is 9.66. The van der Waals surface area contributed by atoms with Gasteiger partial charge in [0.1, 0.15) is 17.7 Å². The van der Waals surface area contributed by atoms with Crippen LogP contribution in [0.3, 0.4) is 0 Å². The number of aliphatic hydroxyl groups excluding tert-OH is 1. The van der Waals surface area contributed by atoms with Crippen molar-refractivity contribution in [2.75, 3.05) is 0 Å². The second-order valence-electron chi connectivity index (χ2n) is 5.54. The topological polar surface area (TPSA) is 44.0 Å². The highest BCUT2D eigenvalue weighted by Gasteiger charge is 2.43. The van der Waals surface area contributed by atoms with E-state index in [0.29, 0.717) is 18.8 Å². The molecule has 0 spiro atoms. The predicted molar refractivity (Wildman–Crippen MR) is 67.0 cm³/mol. The molecule has 19 heavy (non-hydrogen) atoms. The standard InChI is InChI=1S/C15H17F2NO/c1-10-3-2-6-15(8-10,9-18)14(19)12-7-11(16)4-5-13(12)17/h4-5,7,10,14,19H,2-3,6,8H2,1H3. The van der Waals surface area contributed by atoms with E-state index < -0.39 is 23.2 Å². The third kappa shape index (κ3) is 2.62. The van der Waals surface area contributed by atoms with Gasteiger partial charge in [0.25, 0.3) is 0 Å². The monoisotopic (exact) mass is 265 g/mol. The third-order valence-corrected chi connectivity index (χ3v) is 4.03. The molecule has 2 nitrogen and oxygen atoms in total. The highest BCUT2D eigenvalue weighted by molar-refractivity contribution is 5.26. The summed E-state index contributed by atoms with van der Waals surface area (Å²) in [5.41, 5.74) is -1.12. The zero-order valence-corrected chi connectivity index (χ0v) is 10.9. The molecule has 3 atom stereocenters. The molecule has 1 aromatic rings. The van der Waals surface area contributed by atoms with Crippen molar-refractivity contribution in [1.82, 2.24) is 0 Å². The summed E-state index contributed by atoms with van der Waals surface area (Å²) in [5.74, 6) is -0.964. The highest BCUT2D eigenvalue weighted by Crippen LogP contribution is 2.47. The number of hydrogen-bond donors (Lipinski definition) is 1. The minimum Gasteiger partial charge on any atom is -0.387 e. The molecule has 1 N–H and O–H groups in total. The molecule has 0 saturated heterocycles. The molecule has 3 unspecified atom stereocenters. The summed E-state index contributed by atoms with van der Waals surface area (Å²) in [6.07, 6.45) is 1.58. The van der Waals surface area contributed by atoms with Crippen molar-refractivity contribution in [1.29, 1.82) is 5.26 Å². The van der Waals surface area contributed by atoms with E-state index >= 15 is 0 Å². The van der Waals surface area contributed by atoms with Crippen LogP contribution in [0.5, 0.6) is 0 Å². The van der Waals surface area contributed by atoms with Gasteiger partial charge in [0, 0.05) is 5.56 Å². The molecule has 4 heteroatoms. The van der Waals surface area contributed by atoms with Crippen LogP contribution in [0.2, 0.25) is 0 Å². The molecule has 2 rings (SSSR count). The summed E-state index contributed by atoms with van der Waals surface area (Å²) < 4.78 is 27.0. The maximum atomic E-state index is 13.7. The number of hydrogen-bond acceptors (Lipinski definition) is 2. The average Bonchev–Trinajstić information content (AvgIpc) is 2.40. The molecule has 1 saturated carbocycles. The molecular weight excluding hydrogens is 248 g/mol. The molecule has 1 fully saturated rings. The van der Waals surface area contributed by atoms with E-state index in [4.69, 9.17) is 0 Å². The Morgan fingerprint density at radius 1 is 1.47 bits per heavy atom. The molecule has 1 aliphatic rings. The van der Waals surface area contributed by atoms with E-state index in [9.17, 15) is 19.1 Å². The smallest absolute Gasteiger partial charge is 0.129 e. The molecule has 0 radical (unpaired) electrons. The van der Waals surface area contributed by atoms with Crippen LogP contribution in [0.4, 0.5) is 8.78 Å². The van der Waals surface area contributed by atoms with Gasteiger partial charge in [-0.3, -0.25) is 0 Å². The number of benzene rings is 1. The van der Waals surface area contributed by atoms with Gasteiger partial charge in [0.2, 0.25) is 0 Å². The molecular formula is C15H17F2NO. The summed E-state index contributed by atoms with van der Waals surface area (Å²) >= 11 is 0. The van der Waals surface area contributed by atoms with Crippen LogP contribution in [0.25, 0.3) is 0 Å². The van der Waals surface area contributed by atoms with Gasteiger partial charge in [-0.05, 0) is 37.0 Å². The van der Waals surface area contributed by atoms with Gasteiger partial charge in [-0.15, -0.1) is 0 Å². The summed E-state index contributed by atoms with van der Waals surface area (Å²) in [7, 11) is 0. The SMILES string of the molecule is CC1CCCC(C#N)(C(O)c2cc(F)ccc2F)C1. The van der Waals surface area contributed by atoms with Gasteiger partial charge in [0.05, 0.1) is 11.5 Å². The number of rotatable bonds is 2. The second-order valence-corrected chi connectivity index (χ2v) is 5.54. The van der Waals surface area contributed by atoms with Gasteiger partial charge in [0.15, 0.2) is 0 Å². The Balaban J connectivity index is 2.38. The van der Waals surface area contributed by atoms with E-state index in [-0.39, 0.29) is 5.56 Å². The van der Waals surface area contributed by atoms with Crippen LogP contribution in [-0.2, 0) is 0 Å². The van der Waals surface area contributed by atoms with Gasteiger partial charge in [-0.25, -0.2) is 8.78 Å². The minimum absolute atomic E-state index is 0.115. The first-order chi connectivity index (χ1) is 8.98. The maximum absolute atomic E-state index is 13.7. The zero-order chi connectivity index (χ0) is 14.0. The first-order valence-corrected chi connectivity index (χ1v) is 6.53. The van der Waals surface area contributed by atoms with Gasteiger partial charge in [-0.2, -0.15) is 5.26 Å². The highest BCUT2D eigenvalue weighted by atomic mass is 19.1. The number of nitriles is 1. The summed E-state index contributed by atoms with van der Waals surface area (Å²) in [4.78, 5) is 0. The normalized spacial score (nSPS) is 28.7. The van der Waals surface area contributed by atoms with Crippen LogP contribution in [-0.4, -0.2) is 5.11 Å². The molecule has 0 aliphatic heterocycles. The third-order valence-electron chi connectivity index (χ3n) is 4.03. The van der Waals surface area contributed by atoms with Crippen molar-refractivity contribution in [2.24, 2.45) is 11.3 Å². The Labute approximate surface area is 111 Å². The molecule has 1 aromatic carbocycles. The van der Waals surface area contributed by atoms with Crippen LogP contribution in [0.15, 0.2) is 18.2 Å². The Hall–Kier alpha value is -1.47. The summed E-state index contributed by atoms with van der Waals surface area (Å²) in [6.45, 7) is 2.01. The number of aliphatic hydroxyl groups is 1. The number of nitrogens with zero attached hydrogens (tertiary/aromatic N) is 1. The Kier molecular flexibility index (Phi) is 3.86. The van der Waals surface area contributed by atoms with Crippen molar-refractivity contribution in [3.63, 3.8) is 0 Å². The number of halogens is 2. The van der Waals surface area contributed by atoms with E-state index in [0.717, 1.165) is 31.0 Å². The first-order valence-electron chi connectivity index (χ1n) is 6.53. The van der Waals surface area contributed by atoms with Crippen LogP contribution >= 0.6 is 0 Å². The van der Waals surface area contributed by atoms with Crippen molar-refractivity contribution in [3.05, 3.63) is 35.4 Å². The van der Waals surface area contributed by atoms with Gasteiger partial charge < -0.3 is 5.11 Å². The predicted octanol–water partition coefficient (Wildman–Crippen LogP) is 3.72. The van der Waals surface area contributed by atoms with Crippen molar-refractivity contribution in [3.8, 4) is 6.07 Å². The fourth-order valence-electron chi connectivity index (χ4n) is 3.02. The first kappa shape index (κ1) is 14.0. The molecule has 102 valence electrons. The Morgan fingerprint density at radius 3 is 2.84 bits per heavy atom. The van der Waals surface area contributed by atoms with Gasteiger partial charge in [-0.1, -0.05) is 19.8 Å². The molecule has 1 aliphatic carbocycles. The van der Waals surface area contributed by atoms with Crippen molar-refractivity contribution >= 4 is 0 Å². The molecule has 0 aromatic heterocycles. The summed E-state index contributed by atoms with van der Waals surface area (Å²) in [6, 6.07) is 5.14. The molecule has 0 bridgehead atoms. The Bertz CT molecular complexity index is 511. The van der Waals surface area contributed by atoms with E-state index in [1.165, 1.54) is 0 Å². The Morgan fingerprint density at radius 2 is 2.21 bits per heavy atom. The lowest BCUT2D eigenvalue weighted by molar-refractivity contribution is 0.0193. The van der Waals surface area contributed by atoms with E-state index in [2.05, 4.69) is 6.07 Å².